The molecule has 0 unspecified atom stereocenters. The summed E-state index contributed by atoms with van der Waals surface area (Å²) in [7, 11) is -1.06. The number of benzene rings is 2. The second-order valence-corrected chi connectivity index (χ2v) is 8.19. The summed E-state index contributed by atoms with van der Waals surface area (Å²) < 4.78 is 39.2. The molecular formula is C17H17N3O5S2. The summed E-state index contributed by atoms with van der Waals surface area (Å²) in [6.07, 6.45) is 0. The molecule has 0 spiro atoms. The van der Waals surface area contributed by atoms with E-state index in [0.717, 1.165) is 4.70 Å². The largest absolute Gasteiger partial charge is 0.497 e. The summed E-state index contributed by atoms with van der Waals surface area (Å²) >= 11 is 1.25. The van der Waals surface area contributed by atoms with Crippen LogP contribution in [0.25, 0.3) is 10.2 Å². The molecule has 0 atom stereocenters. The topological polar surface area (TPSA) is 107 Å². The van der Waals surface area contributed by atoms with E-state index in [1.54, 1.807) is 24.3 Å². The molecule has 0 aliphatic carbocycles. The van der Waals surface area contributed by atoms with E-state index in [0.29, 0.717) is 22.1 Å². The zero-order chi connectivity index (χ0) is 19.6. The highest BCUT2D eigenvalue weighted by atomic mass is 32.2. The lowest BCUT2D eigenvalue weighted by molar-refractivity contribution is -0.114. The number of aromatic nitrogens is 1. The van der Waals surface area contributed by atoms with Gasteiger partial charge < -0.3 is 14.8 Å². The number of nitrogens with zero attached hydrogens (tertiary/aromatic N) is 1. The van der Waals surface area contributed by atoms with Crippen LogP contribution in [0.2, 0.25) is 0 Å². The van der Waals surface area contributed by atoms with Crippen LogP contribution in [0, 0.1) is 0 Å². The maximum Gasteiger partial charge on any atom is 0.265 e. The van der Waals surface area contributed by atoms with Gasteiger partial charge in [0.1, 0.15) is 16.4 Å². The Morgan fingerprint density at radius 1 is 1.11 bits per heavy atom. The van der Waals surface area contributed by atoms with Crippen LogP contribution in [0.1, 0.15) is 6.92 Å². The fourth-order valence-electron chi connectivity index (χ4n) is 2.40. The van der Waals surface area contributed by atoms with E-state index in [1.807, 2.05) is 0 Å². The molecule has 2 aromatic carbocycles. The molecule has 2 N–H and O–H groups in total. The highest BCUT2D eigenvalue weighted by Gasteiger charge is 2.21. The Balaban J connectivity index is 1.95. The lowest BCUT2D eigenvalue weighted by Gasteiger charge is -2.12. The predicted octanol–water partition coefficient (Wildman–Crippen LogP) is 3.07. The van der Waals surface area contributed by atoms with Gasteiger partial charge >= 0.3 is 0 Å². The van der Waals surface area contributed by atoms with Crippen LogP contribution in [0.15, 0.2) is 41.3 Å². The molecule has 0 aliphatic rings. The smallest absolute Gasteiger partial charge is 0.265 e. The summed E-state index contributed by atoms with van der Waals surface area (Å²) in [5, 5.41) is 3.07. The van der Waals surface area contributed by atoms with Crippen molar-refractivity contribution >= 4 is 48.3 Å². The lowest BCUT2D eigenvalue weighted by Crippen LogP contribution is -2.14. The molecule has 3 rings (SSSR count). The maximum absolute atomic E-state index is 12.8. The van der Waals surface area contributed by atoms with Gasteiger partial charge in [-0.25, -0.2) is 13.4 Å². The van der Waals surface area contributed by atoms with Crippen LogP contribution in [-0.2, 0) is 14.8 Å². The molecule has 0 saturated heterocycles. The molecule has 0 fully saturated rings. The fraction of sp³-hybridized carbons (Fsp3) is 0.176. The molecule has 8 nitrogen and oxygen atoms in total. The summed E-state index contributed by atoms with van der Waals surface area (Å²) in [5.74, 6) is 0.379. The fourth-order valence-corrected chi connectivity index (χ4v) is 4.58. The van der Waals surface area contributed by atoms with Gasteiger partial charge in [-0.15, -0.1) is 0 Å². The van der Waals surface area contributed by atoms with Gasteiger partial charge in [-0.1, -0.05) is 11.3 Å². The number of carbonyl (C=O) groups excluding carboxylic acids is 1. The first-order valence-corrected chi connectivity index (χ1v) is 10.1. The van der Waals surface area contributed by atoms with E-state index in [1.165, 1.54) is 44.6 Å². The molecule has 142 valence electrons. The van der Waals surface area contributed by atoms with Crippen LogP contribution < -0.4 is 19.5 Å². The highest BCUT2D eigenvalue weighted by molar-refractivity contribution is 7.92. The Bertz CT molecular complexity index is 1110. The number of rotatable bonds is 6. The van der Waals surface area contributed by atoms with Crippen molar-refractivity contribution in [3.05, 3.63) is 36.4 Å². The second-order valence-electron chi connectivity index (χ2n) is 5.50. The van der Waals surface area contributed by atoms with Gasteiger partial charge in [-0.2, -0.15) is 0 Å². The molecule has 0 saturated carbocycles. The second kappa shape index (κ2) is 7.41. The number of thiazole rings is 1. The van der Waals surface area contributed by atoms with Crippen molar-refractivity contribution in [2.24, 2.45) is 0 Å². The molecule has 3 aromatic rings. The van der Waals surface area contributed by atoms with Crippen molar-refractivity contribution in [1.29, 1.82) is 0 Å². The van der Waals surface area contributed by atoms with Crippen LogP contribution in [0.5, 0.6) is 11.5 Å². The average molecular weight is 407 g/mol. The zero-order valence-electron chi connectivity index (χ0n) is 14.8. The summed E-state index contributed by atoms with van der Waals surface area (Å²) in [5.41, 5.74) is 1.02. The summed E-state index contributed by atoms with van der Waals surface area (Å²) in [6, 6.07) is 9.47. The molecule has 0 aliphatic heterocycles. The molecule has 0 bridgehead atoms. The van der Waals surface area contributed by atoms with Gasteiger partial charge in [0.2, 0.25) is 5.91 Å². The maximum atomic E-state index is 12.8. The number of hydrogen-bond donors (Lipinski definition) is 2. The SMILES string of the molecule is COc1ccc(OC)c(S(=O)(=O)Nc2ccc3nc(NC(C)=O)sc3c2)c1. The van der Waals surface area contributed by atoms with E-state index >= 15 is 0 Å². The minimum atomic E-state index is -3.91. The van der Waals surface area contributed by atoms with Crippen LogP contribution in [0.3, 0.4) is 0 Å². The number of methoxy groups -OCH3 is 2. The van der Waals surface area contributed by atoms with E-state index in [4.69, 9.17) is 9.47 Å². The first-order valence-electron chi connectivity index (χ1n) is 7.75. The molecule has 27 heavy (non-hydrogen) atoms. The third-order valence-corrected chi connectivity index (χ3v) is 5.92. The number of nitrogens with one attached hydrogen (secondary N) is 2. The summed E-state index contributed by atoms with van der Waals surface area (Å²) in [4.78, 5) is 15.4. The van der Waals surface area contributed by atoms with Crippen molar-refractivity contribution in [2.45, 2.75) is 11.8 Å². The zero-order valence-corrected chi connectivity index (χ0v) is 16.4. The van der Waals surface area contributed by atoms with Crippen LogP contribution in [-0.4, -0.2) is 33.5 Å². The number of amides is 1. The third-order valence-electron chi connectivity index (χ3n) is 3.58. The number of anilines is 2. The molecule has 1 aromatic heterocycles. The van der Waals surface area contributed by atoms with Crippen LogP contribution >= 0.6 is 11.3 Å². The Hall–Kier alpha value is -2.85. The minimum absolute atomic E-state index is 0.0345. The first kappa shape index (κ1) is 18.9. The van der Waals surface area contributed by atoms with Gasteiger partial charge in [0, 0.05) is 13.0 Å². The average Bonchev–Trinajstić information content (AvgIpc) is 3.01. The van der Waals surface area contributed by atoms with E-state index in [-0.39, 0.29) is 16.6 Å². The Labute approximate surface area is 160 Å². The molecule has 1 amide bonds. The number of fused-ring (bicyclic) bond motifs is 1. The van der Waals surface area contributed by atoms with Crippen molar-refractivity contribution in [1.82, 2.24) is 4.98 Å². The quantitative estimate of drug-likeness (QED) is 0.650. The van der Waals surface area contributed by atoms with E-state index in [2.05, 4.69) is 15.0 Å². The first-order chi connectivity index (χ1) is 12.8. The molecule has 0 radical (unpaired) electrons. The monoisotopic (exact) mass is 407 g/mol. The lowest BCUT2D eigenvalue weighted by atomic mass is 10.3. The number of hydrogen-bond acceptors (Lipinski definition) is 7. The normalized spacial score (nSPS) is 11.2. The number of ether oxygens (including phenoxy) is 2. The summed E-state index contributed by atoms with van der Waals surface area (Å²) in [6.45, 7) is 1.40. The highest BCUT2D eigenvalue weighted by Crippen LogP contribution is 2.32. The Morgan fingerprint density at radius 2 is 1.89 bits per heavy atom. The van der Waals surface area contributed by atoms with Crippen molar-refractivity contribution in [2.75, 3.05) is 24.3 Å². The van der Waals surface area contributed by atoms with Gasteiger partial charge in [0.05, 0.1) is 30.1 Å². The molecule has 10 heteroatoms. The molecular weight excluding hydrogens is 390 g/mol. The van der Waals surface area contributed by atoms with E-state index in [9.17, 15) is 13.2 Å². The van der Waals surface area contributed by atoms with Gasteiger partial charge in [0.15, 0.2) is 5.13 Å². The van der Waals surface area contributed by atoms with Gasteiger partial charge in [0.25, 0.3) is 10.0 Å². The Morgan fingerprint density at radius 3 is 2.56 bits per heavy atom. The van der Waals surface area contributed by atoms with Crippen molar-refractivity contribution in [3.8, 4) is 11.5 Å². The number of carbonyl (C=O) groups is 1. The Kier molecular flexibility index (Phi) is 5.19. The van der Waals surface area contributed by atoms with Gasteiger partial charge in [-0.05, 0) is 30.3 Å². The molecule has 1 heterocycles. The van der Waals surface area contributed by atoms with E-state index < -0.39 is 10.0 Å². The standard InChI is InChI=1S/C17H17N3O5S2/c1-10(21)18-17-19-13-6-4-11(8-15(13)26-17)20-27(22,23)16-9-12(24-2)5-7-14(16)25-3/h4-9,20H,1-3H3,(H,18,19,21). The van der Waals surface area contributed by atoms with Crippen molar-refractivity contribution < 1.29 is 22.7 Å². The third kappa shape index (κ3) is 4.12. The number of sulfonamides is 1. The minimum Gasteiger partial charge on any atom is -0.497 e. The van der Waals surface area contributed by atoms with Crippen molar-refractivity contribution in [3.63, 3.8) is 0 Å². The van der Waals surface area contributed by atoms with Crippen LogP contribution in [0.4, 0.5) is 10.8 Å². The predicted molar refractivity (Wildman–Crippen MR) is 104 cm³/mol. The van der Waals surface area contributed by atoms with Gasteiger partial charge in [-0.3, -0.25) is 9.52 Å².